The molecule has 0 unspecified atom stereocenters. The van der Waals surface area contributed by atoms with Crippen molar-refractivity contribution in [3.63, 3.8) is 0 Å². The fraction of sp³-hybridized carbons (Fsp3) is 0.500. The molecular weight excluding hydrogens is 344 g/mol. The molecule has 1 aliphatic heterocycles. The first-order valence-electron chi connectivity index (χ1n) is 9.27. The number of amides is 1. The highest BCUT2D eigenvalue weighted by Crippen LogP contribution is 2.28. The first kappa shape index (κ1) is 19.4. The van der Waals surface area contributed by atoms with Crippen LogP contribution < -0.4 is 15.4 Å². The second kappa shape index (κ2) is 9.01. The van der Waals surface area contributed by atoms with Crippen LogP contribution >= 0.6 is 0 Å². The molecule has 146 valence electrons. The maximum absolute atomic E-state index is 12.5. The number of carbonyl (C=O) groups excluding carboxylic acids is 1. The summed E-state index contributed by atoms with van der Waals surface area (Å²) in [5.41, 5.74) is 1.68. The number of aromatic nitrogens is 2. The Morgan fingerprint density at radius 3 is 2.67 bits per heavy atom. The highest BCUT2D eigenvalue weighted by Gasteiger charge is 2.32. The van der Waals surface area contributed by atoms with Gasteiger partial charge in [0.2, 0.25) is 0 Å². The molecule has 2 aromatic rings. The first-order valence-corrected chi connectivity index (χ1v) is 9.27. The Hall–Kier alpha value is -2.38. The van der Waals surface area contributed by atoms with Gasteiger partial charge < -0.3 is 20.1 Å². The van der Waals surface area contributed by atoms with Gasteiger partial charge in [-0.3, -0.25) is 9.48 Å². The minimum atomic E-state index is -0.0926. The number of hydrogen-bond acceptors (Lipinski definition) is 5. The van der Waals surface area contributed by atoms with Crippen LogP contribution in [-0.2, 0) is 11.3 Å². The van der Waals surface area contributed by atoms with E-state index >= 15 is 0 Å². The number of piperidine rings is 1. The number of rotatable bonds is 8. The highest BCUT2D eigenvalue weighted by molar-refractivity contribution is 5.93. The molecule has 1 fully saturated rings. The number of ether oxygens (including phenoxy) is 2. The zero-order valence-electron chi connectivity index (χ0n) is 16.0. The smallest absolute Gasteiger partial charge is 0.254 e. The van der Waals surface area contributed by atoms with Crippen LogP contribution in [0.3, 0.4) is 0 Å². The van der Waals surface area contributed by atoms with Crippen LogP contribution in [0.25, 0.3) is 0 Å². The van der Waals surface area contributed by atoms with Crippen molar-refractivity contribution < 1.29 is 14.3 Å². The molecule has 1 saturated heterocycles. The van der Waals surface area contributed by atoms with Crippen molar-refractivity contribution in [1.82, 2.24) is 20.4 Å². The number of nitrogens with one attached hydrogen (secondary N) is 2. The zero-order valence-corrected chi connectivity index (χ0v) is 16.0. The lowest BCUT2D eigenvalue weighted by Crippen LogP contribution is -2.47. The Morgan fingerprint density at radius 1 is 1.26 bits per heavy atom. The minimum absolute atomic E-state index is 0.00868. The molecule has 1 amide bonds. The summed E-state index contributed by atoms with van der Waals surface area (Å²) in [7, 11) is 3.36. The summed E-state index contributed by atoms with van der Waals surface area (Å²) >= 11 is 0. The lowest BCUT2D eigenvalue weighted by molar-refractivity contribution is 0.0511. The van der Waals surface area contributed by atoms with Crippen LogP contribution in [0.15, 0.2) is 36.7 Å². The van der Waals surface area contributed by atoms with E-state index < -0.39 is 0 Å². The third-order valence-corrected chi connectivity index (χ3v) is 5.14. The normalized spacial score (nSPS) is 16.1. The van der Waals surface area contributed by atoms with Crippen LogP contribution in [0.2, 0.25) is 0 Å². The van der Waals surface area contributed by atoms with Gasteiger partial charge in [-0.1, -0.05) is 12.1 Å². The molecule has 0 spiro atoms. The van der Waals surface area contributed by atoms with Crippen molar-refractivity contribution in [3.05, 3.63) is 47.8 Å². The molecular formula is C20H28N4O3. The van der Waals surface area contributed by atoms with Gasteiger partial charge in [-0.2, -0.15) is 5.10 Å². The number of nitrogens with zero attached hydrogens (tertiary/aromatic N) is 2. The Labute approximate surface area is 160 Å². The van der Waals surface area contributed by atoms with Gasteiger partial charge in [0.05, 0.1) is 32.0 Å². The van der Waals surface area contributed by atoms with E-state index in [1.54, 1.807) is 31.3 Å². The Morgan fingerprint density at radius 2 is 2.00 bits per heavy atom. The van der Waals surface area contributed by atoms with Crippen molar-refractivity contribution in [2.45, 2.75) is 19.4 Å². The third kappa shape index (κ3) is 5.08. The molecule has 0 radical (unpaired) electrons. The summed E-state index contributed by atoms with van der Waals surface area (Å²) in [5, 5.41) is 10.7. The minimum Gasteiger partial charge on any atom is -0.497 e. The average molecular weight is 372 g/mol. The van der Waals surface area contributed by atoms with Crippen molar-refractivity contribution >= 4 is 5.91 Å². The lowest BCUT2D eigenvalue weighted by Gasteiger charge is -2.37. The number of methoxy groups -OCH3 is 2. The van der Waals surface area contributed by atoms with Gasteiger partial charge >= 0.3 is 0 Å². The lowest BCUT2D eigenvalue weighted by atomic mass is 9.79. The highest BCUT2D eigenvalue weighted by atomic mass is 16.5. The average Bonchev–Trinajstić information content (AvgIpc) is 3.16. The fourth-order valence-corrected chi connectivity index (χ4v) is 3.49. The molecule has 7 nitrogen and oxygen atoms in total. The molecule has 1 aromatic heterocycles. The van der Waals surface area contributed by atoms with Crippen molar-refractivity contribution in [3.8, 4) is 5.75 Å². The van der Waals surface area contributed by atoms with Crippen LogP contribution in [0.5, 0.6) is 5.75 Å². The van der Waals surface area contributed by atoms with Crippen molar-refractivity contribution in [1.29, 1.82) is 0 Å². The monoisotopic (exact) mass is 372 g/mol. The molecule has 0 atom stereocenters. The molecule has 2 heterocycles. The maximum atomic E-state index is 12.5. The van der Waals surface area contributed by atoms with E-state index in [9.17, 15) is 4.79 Å². The number of carbonyl (C=O) groups is 1. The topological polar surface area (TPSA) is 77.4 Å². The molecule has 1 aromatic carbocycles. The summed E-state index contributed by atoms with van der Waals surface area (Å²) < 4.78 is 12.3. The van der Waals surface area contributed by atoms with Crippen molar-refractivity contribution in [2.75, 3.05) is 40.5 Å². The van der Waals surface area contributed by atoms with Gasteiger partial charge in [-0.05, 0) is 43.6 Å². The number of hydrogen-bond donors (Lipinski definition) is 2. The van der Waals surface area contributed by atoms with Gasteiger partial charge in [-0.15, -0.1) is 0 Å². The fourth-order valence-electron chi connectivity index (χ4n) is 3.49. The first-order chi connectivity index (χ1) is 13.1. The van der Waals surface area contributed by atoms with Crippen LogP contribution in [-0.4, -0.2) is 56.1 Å². The summed E-state index contributed by atoms with van der Waals surface area (Å²) in [6, 6.07) is 7.82. The molecule has 0 aliphatic carbocycles. The zero-order chi connectivity index (χ0) is 19.1. The van der Waals surface area contributed by atoms with Crippen LogP contribution in [0.4, 0.5) is 0 Å². The van der Waals surface area contributed by atoms with Crippen LogP contribution in [0.1, 0.15) is 28.8 Å². The summed E-state index contributed by atoms with van der Waals surface area (Å²) in [6.07, 6.45) is 5.39. The molecule has 3 rings (SSSR count). The van der Waals surface area contributed by atoms with Gasteiger partial charge in [0.1, 0.15) is 5.75 Å². The summed E-state index contributed by atoms with van der Waals surface area (Å²) in [6.45, 7) is 3.80. The Kier molecular flexibility index (Phi) is 6.47. The molecule has 7 heteroatoms. The van der Waals surface area contributed by atoms with Gasteiger partial charge in [-0.25, -0.2) is 0 Å². The standard InChI is InChI=1S/C20H28N4O3/c1-26-15-20(7-9-21-10-8-20)14-22-19(25)17-11-23-24(13-17)12-16-3-5-18(27-2)6-4-16/h3-6,11,13,21H,7-10,12,14-15H2,1-2H3,(H,22,25). The van der Waals surface area contributed by atoms with Gasteiger partial charge in [0, 0.05) is 25.3 Å². The van der Waals surface area contributed by atoms with E-state index in [0.717, 1.165) is 37.2 Å². The molecule has 27 heavy (non-hydrogen) atoms. The van der Waals surface area contributed by atoms with E-state index in [-0.39, 0.29) is 11.3 Å². The second-order valence-corrected chi connectivity index (χ2v) is 7.14. The number of benzene rings is 1. The summed E-state index contributed by atoms with van der Waals surface area (Å²) in [5.74, 6) is 0.729. The van der Waals surface area contributed by atoms with E-state index in [1.807, 2.05) is 24.3 Å². The second-order valence-electron chi connectivity index (χ2n) is 7.14. The van der Waals surface area contributed by atoms with Gasteiger partial charge in [0.25, 0.3) is 5.91 Å². The molecule has 0 saturated carbocycles. The maximum Gasteiger partial charge on any atom is 0.254 e. The van der Waals surface area contributed by atoms with E-state index in [4.69, 9.17) is 9.47 Å². The Balaban J connectivity index is 1.57. The van der Waals surface area contributed by atoms with Crippen LogP contribution in [0, 0.1) is 5.41 Å². The summed E-state index contributed by atoms with van der Waals surface area (Å²) in [4.78, 5) is 12.5. The van der Waals surface area contributed by atoms with Gasteiger partial charge in [0.15, 0.2) is 0 Å². The van der Waals surface area contributed by atoms with E-state index in [2.05, 4.69) is 15.7 Å². The molecule has 2 N–H and O–H groups in total. The predicted octanol–water partition coefficient (Wildman–Crippen LogP) is 1.69. The van der Waals surface area contributed by atoms with Crippen molar-refractivity contribution in [2.24, 2.45) is 5.41 Å². The SMILES string of the molecule is COCC1(CNC(=O)c2cnn(Cc3ccc(OC)cc3)c2)CCNCC1. The molecule has 1 aliphatic rings. The van der Waals surface area contributed by atoms with E-state index in [0.29, 0.717) is 25.3 Å². The third-order valence-electron chi connectivity index (χ3n) is 5.14. The Bertz CT molecular complexity index is 730. The largest absolute Gasteiger partial charge is 0.497 e. The quantitative estimate of drug-likeness (QED) is 0.737. The predicted molar refractivity (Wildman–Crippen MR) is 103 cm³/mol. The molecule has 0 bridgehead atoms. The van der Waals surface area contributed by atoms with E-state index in [1.165, 1.54) is 0 Å².